The van der Waals surface area contributed by atoms with Gasteiger partial charge in [-0.1, -0.05) is 12.1 Å². The van der Waals surface area contributed by atoms with Crippen molar-refractivity contribution >= 4 is 11.8 Å². The maximum atomic E-state index is 10.7. The number of carboxylic acid groups (broad SMARTS) is 1. The summed E-state index contributed by atoms with van der Waals surface area (Å²) in [4.78, 5) is 20.1. The quantitative estimate of drug-likeness (QED) is 0.720. The van der Waals surface area contributed by atoms with E-state index >= 15 is 0 Å². The monoisotopic (exact) mass is 208 g/mol. The Hall–Kier alpha value is -1.68. The Morgan fingerprint density at radius 1 is 1.33 bits per heavy atom. The molecule has 0 spiro atoms. The van der Waals surface area contributed by atoms with E-state index in [2.05, 4.69) is 0 Å². The van der Waals surface area contributed by atoms with Crippen LogP contribution in [0.2, 0.25) is 0 Å². The van der Waals surface area contributed by atoms with Gasteiger partial charge in [-0.05, 0) is 30.4 Å². The van der Waals surface area contributed by atoms with Gasteiger partial charge in [0.25, 0.3) is 0 Å². The first-order valence-corrected chi connectivity index (χ1v) is 4.49. The largest absolute Gasteiger partial charge is 0.479 e. The first kappa shape index (κ1) is 11.4. The van der Waals surface area contributed by atoms with E-state index in [1.54, 1.807) is 6.92 Å². The third-order valence-electron chi connectivity index (χ3n) is 2.07. The Labute approximate surface area is 86.5 Å². The van der Waals surface area contributed by atoms with E-state index in [9.17, 15) is 9.59 Å². The molecule has 0 saturated heterocycles. The molecule has 0 heterocycles. The van der Waals surface area contributed by atoms with Crippen LogP contribution in [-0.2, 0) is 4.79 Å². The molecule has 0 aliphatic heterocycles. The SMILES string of the molecule is CC(=O)c1cc2ccc1=2.CC(O)C(=O)O. The maximum absolute atomic E-state index is 10.7. The van der Waals surface area contributed by atoms with Crippen LogP contribution in [0.4, 0.5) is 0 Å². The molecular weight excluding hydrogens is 196 g/mol. The first-order valence-electron chi connectivity index (χ1n) is 4.49. The van der Waals surface area contributed by atoms with E-state index in [4.69, 9.17) is 10.2 Å². The van der Waals surface area contributed by atoms with Crippen molar-refractivity contribution in [2.75, 3.05) is 0 Å². The number of carbonyl (C=O) groups is 2. The second-order valence-electron chi connectivity index (χ2n) is 3.33. The van der Waals surface area contributed by atoms with Gasteiger partial charge in [-0.25, -0.2) is 4.79 Å². The number of aliphatic hydroxyl groups is 1. The van der Waals surface area contributed by atoms with Gasteiger partial charge in [-0.2, -0.15) is 0 Å². The highest BCUT2D eigenvalue weighted by Gasteiger charge is 2.08. The fourth-order valence-electron chi connectivity index (χ4n) is 1.08. The third-order valence-corrected chi connectivity index (χ3v) is 2.07. The molecule has 4 heteroatoms. The molecule has 2 aliphatic carbocycles. The minimum Gasteiger partial charge on any atom is -0.479 e. The first-order chi connectivity index (χ1) is 6.93. The van der Waals surface area contributed by atoms with E-state index in [0.717, 1.165) is 10.8 Å². The van der Waals surface area contributed by atoms with Gasteiger partial charge in [0.1, 0.15) is 6.10 Å². The lowest BCUT2D eigenvalue weighted by Crippen LogP contribution is -2.13. The summed E-state index contributed by atoms with van der Waals surface area (Å²) < 4.78 is 0. The van der Waals surface area contributed by atoms with Gasteiger partial charge in [0.05, 0.1) is 0 Å². The molecule has 2 rings (SSSR count). The van der Waals surface area contributed by atoms with Crippen LogP contribution in [0.1, 0.15) is 24.2 Å². The van der Waals surface area contributed by atoms with Gasteiger partial charge >= 0.3 is 5.97 Å². The van der Waals surface area contributed by atoms with Crippen molar-refractivity contribution in [3.8, 4) is 0 Å². The fraction of sp³-hybridized carbons (Fsp3) is 0.273. The summed E-state index contributed by atoms with van der Waals surface area (Å²) in [6.07, 6.45) is -1.23. The Kier molecular flexibility index (Phi) is 3.21. The zero-order chi connectivity index (χ0) is 11.6. The molecule has 1 atom stereocenters. The molecule has 0 amide bonds. The number of aliphatic carboxylic acids is 1. The molecule has 0 aromatic heterocycles. The van der Waals surface area contributed by atoms with Crippen molar-refractivity contribution in [3.05, 3.63) is 34.2 Å². The summed E-state index contributed by atoms with van der Waals surface area (Å²) >= 11 is 0. The summed E-state index contributed by atoms with van der Waals surface area (Å²) in [6, 6.07) is 5.92. The molecule has 0 saturated carbocycles. The summed E-state index contributed by atoms with van der Waals surface area (Å²) in [7, 11) is 0. The highest BCUT2D eigenvalue weighted by molar-refractivity contribution is 5.95. The van der Waals surface area contributed by atoms with Crippen LogP contribution >= 0.6 is 0 Å². The van der Waals surface area contributed by atoms with Crippen molar-refractivity contribution in [1.82, 2.24) is 0 Å². The Morgan fingerprint density at radius 3 is 1.93 bits per heavy atom. The Balaban J connectivity index is 0.000000167. The summed E-state index contributed by atoms with van der Waals surface area (Å²) in [6.45, 7) is 2.80. The lowest BCUT2D eigenvalue weighted by molar-refractivity contribution is -0.145. The summed E-state index contributed by atoms with van der Waals surface area (Å²) in [5, 5.41) is 18.2. The third kappa shape index (κ3) is 2.41. The van der Waals surface area contributed by atoms with Crippen LogP contribution in [0, 0.1) is 10.4 Å². The molecular formula is C11H12O4. The lowest BCUT2D eigenvalue weighted by Gasteiger charge is -2.06. The van der Waals surface area contributed by atoms with Crippen molar-refractivity contribution < 1.29 is 19.8 Å². The molecule has 2 aliphatic rings. The van der Waals surface area contributed by atoms with Gasteiger partial charge in [-0.3, -0.25) is 4.79 Å². The smallest absolute Gasteiger partial charge is 0.332 e. The maximum Gasteiger partial charge on any atom is 0.332 e. The normalized spacial score (nSPS) is 12.2. The topological polar surface area (TPSA) is 74.6 Å². The number of hydrogen-bond donors (Lipinski definition) is 2. The fourth-order valence-corrected chi connectivity index (χ4v) is 1.08. The molecule has 0 fully saturated rings. The van der Waals surface area contributed by atoms with Crippen LogP contribution in [0.15, 0.2) is 18.2 Å². The zero-order valence-corrected chi connectivity index (χ0v) is 8.52. The molecule has 0 bridgehead atoms. The number of carbonyl (C=O) groups excluding carboxylic acids is 1. The highest BCUT2D eigenvalue weighted by Crippen LogP contribution is 2.15. The average molecular weight is 208 g/mol. The van der Waals surface area contributed by atoms with E-state index in [-0.39, 0.29) is 5.78 Å². The molecule has 4 nitrogen and oxygen atoms in total. The van der Waals surface area contributed by atoms with Gasteiger partial charge in [0.2, 0.25) is 0 Å². The number of Topliss-reactive ketones (excluding diaryl/α,β-unsaturated/α-hetero) is 1. The molecule has 15 heavy (non-hydrogen) atoms. The van der Waals surface area contributed by atoms with Crippen LogP contribution in [0.3, 0.4) is 0 Å². The number of carboxylic acids is 1. The molecule has 0 radical (unpaired) electrons. The average Bonchev–Trinajstić information content (AvgIpc) is 2.10. The van der Waals surface area contributed by atoms with E-state index in [0.29, 0.717) is 0 Å². The predicted octanol–water partition coefficient (Wildman–Crippen LogP) is 0.941. The molecule has 0 aromatic carbocycles. The molecule has 80 valence electrons. The summed E-state index contributed by atoms with van der Waals surface area (Å²) in [5.74, 6) is -1.01. The van der Waals surface area contributed by atoms with E-state index in [1.165, 1.54) is 12.1 Å². The highest BCUT2D eigenvalue weighted by atomic mass is 16.4. The van der Waals surface area contributed by atoms with E-state index < -0.39 is 12.1 Å². The predicted molar refractivity (Wildman–Crippen MR) is 53.4 cm³/mol. The number of benzene rings is 1. The summed E-state index contributed by atoms with van der Waals surface area (Å²) in [5.41, 5.74) is 0.896. The van der Waals surface area contributed by atoms with Crippen molar-refractivity contribution in [1.29, 1.82) is 0 Å². The van der Waals surface area contributed by atoms with Gasteiger partial charge < -0.3 is 10.2 Å². The minimum absolute atomic E-state index is 0.179. The molecule has 0 aromatic rings. The minimum atomic E-state index is -1.23. The van der Waals surface area contributed by atoms with E-state index in [1.807, 2.05) is 18.2 Å². The van der Waals surface area contributed by atoms with Gasteiger partial charge in [-0.15, -0.1) is 0 Å². The lowest BCUT2D eigenvalue weighted by atomic mass is 9.97. The number of hydrogen-bond acceptors (Lipinski definition) is 3. The number of rotatable bonds is 2. The molecule has 1 unspecified atom stereocenters. The molecule has 2 N–H and O–H groups in total. The standard InChI is InChI=1S/C8H6O.C3H6O3/c1-5(9)8-4-6-2-3-7(6)8;1-2(4)3(5)6/h2-4H,1H3;2,4H,1H3,(H,5,6). The van der Waals surface area contributed by atoms with Gasteiger partial charge in [0.15, 0.2) is 5.78 Å². The second kappa shape index (κ2) is 4.23. The van der Waals surface area contributed by atoms with Crippen LogP contribution in [-0.4, -0.2) is 28.1 Å². The zero-order valence-electron chi connectivity index (χ0n) is 8.52. The van der Waals surface area contributed by atoms with Crippen LogP contribution in [0.5, 0.6) is 0 Å². The van der Waals surface area contributed by atoms with Crippen molar-refractivity contribution in [2.45, 2.75) is 20.0 Å². The Morgan fingerprint density at radius 2 is 1.87 bits per heavy atom. The number of ketones is 1. The van der Waals surface area contributed by atoms with Crippen LogP contribution in [0.25, 0.3) is 0 Å². The van der Waals surface area contributed by atoms with Gasteiger partial charge in [0, 0.05) is 5.56 Å². The number of aliphatic hydroxyl groups excluding tert-OH is 1. The Bertz CT molecular complexity index is 488. The van der Waals surface area contributed by atoms with Crippen molar-refractivity contribution in [3.63, 3.8) is 0 Å². The van der Waals surface area contributed by atoms with Crippen molar-refractivity contribution in [2.24, 2.45) is 0 Å². The van der Waals surface area contributed by atoms with Crippen LogP contribution < -0.4 is 0 Å². The second-order valence-corrected chi connectivity index (χ2v) is 3.33.